The number of amides is 2. The topological polar surface area (TPSA) is 102 Å². The third-order valence-corrected chi connectivity index (χ3v) is 2.53. The Morgan fingerprint density at radius 2 is 2.00 bits per heavy atom. The molecular weight excluding hydrogens is 276 g/mol. The number of carbonyl (C=O) groups excluding carboxylic acids is 3. The van der Waals surface area contributed by atoms with Crippen LogP contribution in [-0.2, 0) is 25.7 Å². The number of esters is 1. The van der Waals surface area contributed by atoms with Crippen LogP contribution in [0, 0.1) is 5.41 Å². The molecule has 0 saturated heterocycles. The molecule has 8 heteroatoms. The van der Waals surface area contributed by atoms with E-state index in [9.17, 15) is 14.4 Å². The Kier molecular flexibility index (Phi) is 5.45. The van der Waals surface area contributed by atoms with Crippen LogP contribution < -0.4 is 10.6 Å². The highest BCUT2D eigenvalue weighted by molar-refractivity contribution is 5.95. The van der Waals surface area contributed by atoms with Gasteiger partial charge in [-0.15, -0.1) is 0 Å². The van der Waals surface area contributed by atoms with Crippen LogP contribution >= 0.6 is 0 Å². The summed E-state index contributed by atoms with van der Waals surface area (Å²) in [6, 6.07) is 0. The third-order valence-electron chi connectivity index (χ3n) is 2.53. The van der Waals surface area contributed by atoms with Crippen molar-refractivity contribution in [2.45, 2.75) is 27.3 Å². The zero-order chi connectivity index (χ0) is 16.0. The molecule has 1 aromatic heterocycles. The summed E-state index contributed by atoms with van der Waals surface area (Å²) in [5.41, 5.74) is -0.111. The largest absolute Gasteiger partial charge is 0.468 e. The van der Waals surface area contributed by atoms with Crippen LogP contribution in [-0.4, -0.2) is 41.2 Å². The molecule has 1 heterocycles. The summed E-state index contributed by atoms with van der Waals surface area (Å²) in [5.74, 6) is -1.02. The molecule has 0 bridgehead atoms. The molecule has 0 unspecified atom stereocenters. The maximum atomic E-state index is 11.7. The summed E-state index contributed by atoms with van der Waals surface area (Å²) < 4.78 is 5.85. The molecule has 0 atom stereocenters. The Hall–Kier alpha value is -2.38. The number of carbonyl (C=O) groups is 3. The van der Waals surface area contributed by atoms with Gasteiger partial charge in [-0.25, -0.2) is 0 Å². The quantitative estimate of drug-likeness (QED) is 0.753. The van der Waals surface area contributed by atoms with E-state index in [2.05, 4.69) is 20.5 Å². The van der Waals surface area contributed by atoms with Crippen LogP contribution in [0.3, 0.4) is 0 Å². The Balaban J connectivity index is 2.45. The number of anilines is 1. The first-order chi connectivity index (χ1) is 9.72. The Morgan fingerprint density at radius 3 is 2.57 bits per heavy atom. The molecule has 2 N–H and O–H groups in total. The second-order valence-corrected chi connectivity index (χ2v) is 5.48. The van der Waals surface area contributed by atoms with Crippen LogP contribution in [0.1, 0.15) is 20.8 Å². The average molecular weight is 296 g/mol. The van der Waals surface area contributed by atoms with E-state index >= 15 is 0 Å². The lowest BCUT2D eigenvalue weighted by Crippen LogP contribution is -2.39. The zero-order valence-electron chi connectivity index (χ0n) is 12.6. The molecule has 0 saturated carbocycles. The lowest BCUT2D eigenvalue weighted by molar-refractivity contribution is -0.141. The molecule has 21 heavy (non-hydrogen) atoms. The van der Waals surface area contributed by atoms with Gasteiger partial charge < -0.3 is 15.4 Å². The minimum absolute atomic E-state index is 0.0346. The summed E-state index contributed by atoms with van der Waals surface area (Å²) >= 11 is 0. The van der Waals surface area contributed by atoms with Crippen molar-refractivity contribution in [3.63, 3.8) is 0 Å². The Labute approximate surface area is 122 Å². The molecule has 0 aliphatic rings. The number of aromatic nitrogens is 2. The number of hydrogen-bond donors (Lipinski definition) is 2. The fourth-order valence-corrected chi connectivity index (χ4v) is 1.34. The van der Waals surface area contributed by atoms with E-state index in [1.165, 1.54) is 24.2 Å². The first-order valence-electron chi connectivity index (χ1n) is 6.40. The highest BCUT2D eigenvalue weighted by Gasteiger charge is 2.21. The van der Waals surface area contributed by atoms with E-state index in [4.69, 9.17) is 0 Å². The van der Waals surface area contributed by atoms with Crippen molar-refractivity contribution in [2.75, 3.05) is 19.0 Å². The van der Waals surface area contributed by atoms with Crippen LogP contribution in [0.5, 0.6) is 0 Å². The van der Waals surface area contributed by atoms with Gasteiger partial charge in [-0.1, -0.05) is 20.8 Å². The van der Waals surface area contributed by atoms with Gasteiger partial charge in [0.05, 0.1) is 25.5 Å². The number of hydrogen-bond acceptors (Lipinski definition) is 5. The van der Waals surface area contributed by atoms with Crippen molar-refractivity contribution in [3.05, 3.63) is 12.4 Å². The fraction of sp³-hybridized carbons (Fsp3) is 0.538. The number of ether oxygens (including phenoxy) is 1. The van der Waals surface area contributed by atoms with Crippen molar-refractivity contribution in [3.8, 4) is 0 Å². The van der Waals surface area contributed by atoms with E-state index in [1.807, 2.05) is 0 Å². The van der Waals surface area contributed by atoms with Crippen LogP contribution in [0.2, 0.25) is 0 Å². The van der Waals surface area contributed by atoms with Gasteiger partial charge in [-0.3, -0.25) is 19.1 Å². The van der Waals surface area contributed by atoms with Crippen LogP contribution in [0.15, 0.2) is 12.4 Å². The van der Waals surface area contributed by atoms with E-state index in [1.54, 1.807) is 20.8 Å². The number of nitrogens with zero attached hydrogens (tertiary/aromatic N) is 2. The van der Waals surface area contributed by atoms with Gasteiger partial charge in [0.1, 0.15) is 6.54 Å². The highest BCUT2D eigenvalue weighted by Crippen LogP contribution is 2.12. The van der Waals surface area contributed by atoms with Gasteiger partial charge in [0.2, 0.25) is 11.8 Å². The van der Waals surface area contributed by atoms with Gasteiger partial charge in [0.25, 0.3) is 0 Å². The molecule has 0 fully saturated rings. The first-order valence-corrected chi connectivity index (χ1v) is 6.40. The van der Waals surface area contributed by atoms with Gasteiger partial charge in [0, 0.05) is 11.6 Å². The molecule has 0 aliphatic heterocycles. The summed E-state index contributed by atoms with van der Waals surface area (Å²) in [7, 11) is 1.28. The van der Waals surface area contributed by atoms with Crippen LogP contribution in [0.4, 0.5) is 5.69 Å². The molecule has 116 valence electrons. The second-order valence-electron chi connectivity index (χ2n) is 5.48. The predicted molar refractivity (Wildman–Crippen MR) is 75.3 cm³/mol. The van der Waals surface area contributed by atoms with Gasteiger partial charge in [0.15, 0.2) is 0 Å². The molecule has 1 rings (SSSR count). The average Bonchev–Trinajstić information content (AvgIpc) is 2.81. The lowest BCUT2D eigenvalue weighted by Gasteiger charge is -2.17. The minimum Gasteiger partial charge on any atom is -0.468 e. The number of methoxy groups -OCH3 is 1. The van der Waals surface area contributed by atoms with E-state index < -0.39 is 11.4 Å². The standard InChI is InChI=1S/C13H20N4O4/c1-13(2,3)12(20)14-6-10(18)16-9-5-15-17(7-9)8-11(19)21-4/h5,7H,6,8H2,1-4H3,(H,14,20)(H,16,18). The normalized spacial score (nSPS) is 10.9. The molecule has 8 nitrogen and oxygen atoms in total. The maximum absolute atomic E-state index is 11.7. The number of nitrogens with one attached hydrogen (secondary N) is 2. The van der Waals surface area contributed by atoms with Crippen molar-refractivity contribution in [1.82, 2.24) is 15.1 Å². The molecule has 0 aliphatic carbocycles. The Bertz CT molecular complexity index is 531. The minimum atomic E-state index is -0.550. The first kappa shape index (κ1) is 16.7. The molecule has 0 aromatic carbocycles. The smallest absolute Gasteiger partial charge is 0.327 e. The predicted octanol–water partition coefficient (Wildman–Crippen LogP) is 0.157. The Morgan fingerprint density at radius 1 is 1.33 bits per heavy atom. The highest BCUT2D eigenvalue weighted by atomic mass is 16.5. The summed E-state index contributed by atoms with van der Waals surface area (Å²) in [4.78, 5) is 34.4. The SMILES string of the molecule is COC(=O)Cn1cc(NC(=O)CNC(=O)C(C)(C)C)cn1. The third kappa shape index (κ3) is 5.64. The van der Waals surface area contributed by atoms with E-state index in [-0.39, 0.29) is 24.9 Å². The van der Waals surface area contributed by atoms with Crippen molar-refractivity contribution in [1.29, 1.82) is 0 Å². The zero-order valence-corrected chi connectivity index (χ0v) is 12.6. The van der Waals surface area contributed by atoms with Gasteiger partial charge in [-0.2, -0.15) is 5.10 Å². The van der Waals surface area contributed by atoms with Crippen molar-refractivity contribution in [2.24, 2.45) is 5.41 Å². The van der Waals surface area contributed by atoms with Gasteiger partial charge in [-0.05, 0) is 0 Å². The summed E-state index contributed by atoms with van der Waals surface area (Å²) in [6.45, 7) is 5.12. The fourth-order valence-electron chi connectivity index (χ4n) is 1.34. The molecule has 0 radical (unpaired) electrons. The van der Waals surface area contributed by atoms with Gasteiger partial charge >= 0.3 is 5.97 Å². The summed E-state index contributed by atoms with van der Waals surface area (Å²) in [6.07, 6.45) is 2.91. The van der Waals surface area contributed by atoms with E-state index in [0.29, 0.717) is 5.69 Å². The lowest BCUT2D eigenvalue weighted by atomic mass is 9.96. The van der Waals surface area contributed by atoms with Crippen molar-refractivity contribution >= 4 is 23.5 Å². The second kappa shape index (κ2) is 6.87. The number of rotatable bonds is 5. The monoisotopic (exact) mass is 296 g/mol. The molecular formula is C13H20N4O4. The maximum Gasteiger partial charge on any atom is 0.327 e. The molecule has 0 spiro atoms. The van der Waals surface area contributed by atoms with Crippen molar-refractivity contribution < 1.29 is 19.1 Å². The molecule has 1 aromatic rings. The molecule has 2 amide bonds. The van der Waals surface area contributed by atoms with Crippen LogP contribution in [0.25, 0.3) is 0 Å². The summed E-state index contributed by atoms with van der Waals surface area (Å²) in [5, 5.41) is 9.02. The van der Waals surface area contributed by atoms with E-state index in [0.717, 1.165) is 0 Å².